The van der Waals surface area contributed by atoms with Gasteiger partial charge in [-0.15, -0.1) is 0 Å². The molecule has 0 heterocycles. The van der Waals surface area contributed by atoms with Crippen LogP contribution in [-0.2, 0) is 17.5 Å². The highest BCUT2D eigenvalue weighted by Gasteiger charge is 2.17. The Bertz CT molecular complexity index is 811. The molecule has 0 aromatic heterocycles. The van der Waals surface area contributed by atoms with Gasteiger partial charge in [-0.1, -0.05) is 12.1 Å². The second-order valence-corrected chi connectivity index (χ2v) is 6.64. The smallest absolute Gasteiger partial charge is 0.187 e. The molecule has 0 saturated carbocycles. The molecule has 126 valence electrons. The van der Waals surface area contributed by atoms with Crippen molar-refractivity contribution in [2.75, 3.05) is 14.2 Å². The van der Waals surface area contributed by atoms with Crippen molar-refractivity contribution in [2.45, 2.75) is 24.2 Å². The van der Waals surface area contributed by atoms with Crippen LogP contribution in [0.2, 0.25) is 0 Å². The van der Waals surface area contributed by atoms with Crippen LogP contribution in [0.3, 0.4) is 0 Å². The number of benzene rings is 2. The van der Waals surface area contributed by atoms with Gasteiger partial charge in [0.1, 0.15) is 11.5 Å². The van der Waals surface area contributed by atoms with Gasteiger partial charge in [0.25, 0.3) is 0 Å². The second-order valence-electron chi connectivity index (χ2n) is 5.70. The highest BCUT2D eigenvalue weighted by Crippen LogP contribution is 2.34. The minimum atomic E-state index is -2.06. The highest BCUT2D eigenvalue weighted by molar-refractivity contribution is 7.79. The van der Waals surface area contributed by atoms with E-state index in [2.05, 4.69) is 12.1 Å². The lowest BCUT2D eigenvalue weighted by Gasteiger charge is -2.11. The van der Waals surface area contributed by atoms with Crippen LogP contribution in [-0.4, -0.2) is 23.0 Å². The van der Waals surface area contributed by atoms with E-state index >= 15 is 0 Å². The fraction of sp³-hybridized carbons (Fsp3) is 0.263. The fourth-order valence-corrected chi connectivity index (χ4v) is 3.65. The van der Waals surface area contributed by atoms with Crippen LogP contribution in [0.15, 0.2) is 41.3 Å². The lowest BCUT2D eigenvalue weighted by Crippen LogP contribution is -1.97. The van der Waals surface area contributed by atoms with Gasteiger partial charge in [-0.25, -0.2) is 4.21 Å². The maximum atomic E-state index is 11.8. The van der Waals surface area contributed by atoms with Gasteiger partial charge >= 0.3 is 0 Å². The summed E-state index contributed by atoms with van der Waals surface area (Å²) in [7, 11) is 3.22. The first-order valence-electron chi connectivity index (χ1n) is 7.79. The van der Waals surface area contributed by atoms with Crippen LogP contribution in [0.4, 0.5) is 0 Å². The Balaban J connectivity index is 2.08. The van der Waals surface area contributed by atoms with Gasteiger partial charge in [0.05, 0.1) is 19.1 Å². The lowest BCUT2D eigenvalue weighted by molar-refractivity contribution is 0.413. The zero-order valence-corrected chi connectivity index (χ0v) is 14.6. The van der Waals surface area contributed by atoms with E-state index in [9.17, 15) is 8.76 Å². The SMILES string of the molecule is COc1ccc2c(c1)CCCC(c1ccc(OC)cc1S(=O)O)=C2. The molecule has 1 aliphatic carbocycles. The average molecular weight is 344 g/mol. The quantitative estimate of drug-likeness (QED) is 0.846. The number of fused-ring (bicyclic) bond motifs is 1. The topological polar surface area (TPSA) is 55.8 Å². The summed E-state index contributed by atoms with van der Waals surface area (Å²) in [6.45, 7) is 0. The van der Waals surface area contributed by atoms with E-state index in [1.165, 1.54) is 5.56 Å². The van der Waals surface area contributed by atoms with E-state index in [-0.39, 0.29) is 0 Å². The molecule has 2 aromatic carbocycles. The molecule has 24 heavy (non-hydrogen) atoms. The molecule has 1 N–H and O–H groups in total. The maximum Gasteiger partial charge on any atom is 0.187 e. The molecule has 5 heteroatoms. The van der Waals surface area contributed by atoms with Gasteiger partial charge in [-0.2, -0.15) is 0 Å². The summed E-state index contributed by atoms with van der Waals surface area (Å²) >= 11 is -2.06. The van der Waals surface area contributed by atoms with Gasteiger partial charge in [0.15, 0.2) is 11.1 Å². The third-order valence-electron chi connectivity index (χ3n) is 4.29. The predicted octanol–water partition coefficient (Wildman–Crippen LogP) is 4.16. The zero-order chi connectivity index (χ0) is 17.1. The fourth-order valence-electron chi connectivity index (χ4n) is 3.05. The molecular weight excluding hydrogens is 324 g/mol. The number of allylic oxidation sites excluding steroid dienone is 1. The summed E-state index contributed by atoms with van der Waals surface area (Å²) in [6, 6.07) is 11.4. The molecule has 1 unspecified atom stereocenters. The molecule has 4 nitrogen and oxygen atoms in total. The first-order chi connectivity index (χ1) is 11.6. The van der Waals surface area contributed by atoms with Gasteiger partial charge in [0, 0.05) is 0 Å². The third kappa shape index (κ3) is 3.37. The van der Waals surface area contributed by atoms with Crippen molar-refractivity contribution in [2.24, 2.45) is 0 Å². The maximum absolute atomic E-state index is 11.8. The molecule has 0 bridgehead atoms. The number of hydrogen-bond acceptors (Lipinski definition) is 3. The Kier molecular flexibility index (Phi) is 5.02. The van der Waals surface area contributed by atoms with Crippen LogP contribution in [0.25, 0.3) is 11.6 Å². The minimum Gasteiger partial charge on any atom is -0.497 e. The van der Waals surface area contributed by atoms with Crippen molar-refractivity contribution in [3.05, 3.63) is 53.1 Å². The number of aryl methyl sites for hydroxylation is 1. The van der Waals surface area contributed by atoms with Crippen LogP contribution >= 0.6 is 0 Å². The largest absolute Gasteiger partial charge is 0.497 e. The molecule has 0 spiro atoms. The molecule has 1 aliphatic rings. The molecule has 2 aromatic rings. The van der Waals surface area contributed by atoms with E-state index in [0.29, 0.717) is 10.6 Å². The summed E-state index contributed by atoms with van der Waals surface area (Å²) in [4.78, 5) is 0.387. The van der Waals surface area contributed by atoms with Crippen molar-refractivity contribution in [1.29, 1.82) is 0 Å². The summed E-state index contributed by atoms with van der Waals surface area (Å²) in [5, 5.41) is 0. The summed E-state index contributed by atoms with van der Waals surface area (Å²) in [5.41, 5.74) is 4.25. The normalized spacial score (nSPS) is 15.0. The Morgan fingerprint density at radius 1 is 1.00 bits per heavy atom. The van der Waals surface area contributed by atoms with Crippen LogP contribution < -0.4 is 9.47 Å². The summed E-state index contributed by atoms with van der Waals surface area (Å²) < 4.78 is 31.9. The van der Waals surface area contributed by atoms with E-state index < -0.39 is 11.1 Å². The van der Waals surface area contributed by atoms with Crippen molar-refractivity contribution in [3.63, 3.8) is 0 Å². The zero-order valence-electron chi connectivity index (χ0n) is 13.7. The van der Waals surface area contributed by atoms with Crippen molar-refractivity contribution < 1.29 is 18.2 Å². The Labute approximate surface area is 144 Å². The summed E-state index contributed by atoms with van der Waals surface area (Å²) in [5.74, 6) is 1.43. The molecular formula is C19H20O4S. The average Bonchev–Trinajstić information content (AvgIpc) is 2.82. The summed E-state index contributed by atoms with van der Waals surface area (Å²) in [6.07, 6.45) is 4.91. The number of ether oxygens (including phenoxy) is 2. The van der Waals surface area contributed by atoms with Crippen molar-refractivity contribution in [3.8, 4) is 11.5 Å². The Morgan fingerprint density at radius 2 is 1.71 bits per heavy atom. The monoisotopic (exact) mass is 344 g/mol. The third-order valence-corrected chi connectivity index (χ3v) is 5.01. The predicted molar refractivity (Wildman–Crippen MR) is 95.8 cm³/mol. The van der Waals surface area contributed by atoms with Crippen molar-refractivity contribution >= 4 is 22.7 Å². The van der Waals surface area contributed by atoms with E-state index in [1.54, 1.807) is 20.3 Å². The molecule has 0 amide bonds. The number of rotatable bonds is 4. The second kappa shape index (κ2) is 7.20. The van der Waals surface area contributed by atoms with Gasteiger partial charge in [-0.3, -0.25) is 0 Å². The van der Waals surface area contributed by atoms with Gasteiger partial charge in [0.2, 0.25) is 0 Å². The molecule has 0 saturated heterocycles. The molecule has 3 rings (SSSR count). The molecule has 0 fully saturated rings. The number of methoxy groups -OCH3 is 2. The van der Waals surface area contributed by atoms with Crippen LogP contribution in [0.5, 0.6) is 11.5 Å². The van der Waals surface area contributed by atoms with Crippen LogP contribution in [0, 0.1) is 0 Å². The highest BCUT2D eigenvalue weighted by atomic mass is 32.2. The minimum absolute atomic E-state index is 0.387. The first kappa shape index (κ1) is 16.7. The first-order valence-corrected chi connectivity index (χ1v) is 8.90. The Morgan fingerprint density at radius 3 is 2.42 bits per heavy atom. The Hall–Kier alpha value is -2.11. The van der Waals surface area contributed by atoms with E-state index in [0.717, 1.165) is 41.7 Å². The van der Waals surface area contributed by atoms with E-state index in [4.69, 9.17) is 9.47 Å². The molecule has 0 radical (unpaired) electrons. The van der Waals surface area contributed by atoms with Gasteiger partial charge < -0.3 is 14.0 Å². The van der Waals surface area contributed by atoms with Crippen LogP contribution in [0.1, 0.15) is 29.5 Å². The standard InChI is InChI=1S/C19H20O4S/c1-22-16-7-6-14-10-15(5-3-4-13(14)11-16)18-9-8-17(23-2)12-19(18)24(20)21/h6-12H,3-5H2,1-2H3,(H,20,21). The number of hydrogen-bond donors (Lipinski definition) is 1. The van der Waals surface area contributed by atoms with Gasteiger partial charge in [-0.05, 0) is 71.9 Å². The van der Waals surface area contributed by atoms with E-state index in [1.807, 2.05) is 24.3 Å². The molecule has 1 atom stereocenters. The lowest BCUT2D eigenvalue weighted by atomic mass is 10.00. The van der Waals surface area contributed by atoms with Crippen molar-refractivity contribution in [1.82, 2.24) is 0 Å². The molecule has 0 aliphatic heterocycles.